The van der Waals surface area contributed by atoms with E-state index >= 15 is 0 Å². The van der Waals surface area contributed by atoms with Crippen molar-refractivity contribution in [3.63, 3.8) is 0 Å². The molecule has 0 fully saturated rings. The molecule has 1 aliphatic carbocycles. The molecular formula is C22H22N2O3. The summed E-state index contributed by atoms with van der Waals surface area (Å²) in [5, 5.41) is 3.50. The molecule has 0 saturated carbocycles. The van der Waals surface area contributed by atoms with E-state index in [0.717, 1.165) is 58.1 Å². The van der Waals surface area contributed by atoms with Gasteiger partial charge in [-0.25, -0.2) is 0 Å². The van der Waals surface area contributed by atoms with E-state index in [1.165, 1.54) is 0 Å². The standard InChI is InChI=1S/C22H22N2O3/c1-24(2)14-8-6-13(7-9-14)21-15-10-19-20(27-12-26-19)11-17(15)23-16-4-3-5-18(25)22(16)21/h6-11,21,23H,3-5,12H2,1-2H3/t21-/m0/s1. The maximum atomic E-state index is 12.9. The average Bonchev–Trinajstić information content (AvgIpc) is 3.12. The number of rotatable bonds is 2. The number of fused-ring (bicyclic) bond motifs is 2. The number of hydrogen-bond donors (Lipinski definition) is 1. The Bertz CT molecular complexity index is 960. The summed E-state index contributed by atoms with van der Waals surface area (Å²) < 4.78 is 11.2. The third-order valence-electron chi connectivity index (χ3n) is 5.63. The van der Waals surface area contributed by atoms with Crippen molar-refractivity contribution >= 4 is 17.2 Å². The van der Waals surface area contributed by atoms with Gasteiger partial charge in [0.15, 0.2) is 17.3 Å². The molecule has 1 N–H and O–H groups in total. The molecule has 0 radical (unpaired) electrons. The maximum absolute atomic E-state index is 12.9. The molecule has 2 aromatic carbocycles. The molecule has 27 heavy (non-hydrogen) atoms. The summed E-state index contributed by atoms with van der Waals surface area (Å²) in [6.07, 6.45) is 2.42. The average molecular weight is 362 g/mol. The second-order valence-corrected chi connectivity index (χ2v) is 7.51. The zero-order valence-electron chi connectivity index (χ0n) is 15.5. The number of allylic oxidation sites excluding steroid dienone is 2. The van der Waals surface area contributed by atoms with Crippen LogP contribution in [0.4, 0.5) is 11.4 Å². The molecule has 2 aromatic rings. The van der Waals surface area contributed by atoms with E-state index in [-0.39, 0.29) is 18.5 Å². The van der Waals surface area contributed by atoms with Gasteiger partial charge in [0.25, 0.3) is 0 Å². The number of Topliss-reactive ketones (excluding diaryl/α,β-unsaturated/α-hetero) is 1. The SMILES string of the molecule is CN(C)c1ccc([C@@H]2C3=C(CCCC3=O)Nc3cc4c(cc32)OCO4)cc1. The number of carbonyl (C=O) groups excluding carboxylic acids is 1. The summed E-state index contributed by atoms with van der Waals surface area (Å²) in [5.41, 5.74) is 6.32. The number of anilines is 2. The molecular weight excluding hydrogens is 340 g/mol. The molecule has 3 aliphatic rings. The van der Waals surface area contributed by atoms with E-state index in [4.69, 9.17) is 9.47 Å². The summed E-state index contributed by atoms with van der Waals surface area (Å²) in [6, 6.07) is 12.5. The fourth-order valence-electron chi connectivity index (χ4n) is 4.26. The molecule has 5 heteroatoms. The minimum absolute atomic E-state index is 0.0743. The van der Waals surface area contributed by atoms with Gasteiger partial charge >= 0.3 is 0 Å². The number of nitrogens with one attached hydrogen (secondary N) is 1. The highest BCUT2D eigenvalue weighted by Gasteiger charge is 2.36. The van der Waals surface area contributed by atoms with Crippen LogP contribution in [-0.4, -0.2) is 26.7 Å². The van der Waals surface area contributed by atoms with Crippen LogP contribution in [-0.2, 0) is 4.79 Å². The second-order valence-electron chi connectivity index (χ2n) is 7.51. The Morgan fingerprint density at radius 3 is 2.52 bits per heavy atom. The molecule has 5 nitrogen and oxygen atoms in total. The fraction of sp³-hybridized carbons (Fsp3) is 0.318. The van der Waals surface area contributed by atoms with Crippen molar-refractivity contribution < 1.29 is 14.3 Å². The molecule has 0 amide bonds. The monoisotopic (exact) mass is 362 g/mol. The van der Waals surface area contributed by atoms with Gasteiger partial charge in [-0.1, -0.05) is 12.1 Å². The molecule has 0 aromatic heterocycles. The van der Waals surface area contributed by atoms with Crippen molar-refractivity contribution in [2.75, 3.05) is 31.1 Å². The molecule has 2 aliphatic heterocycles. The first-order valence-electron chi connectivity index (χ1n) is 9.36. The van der Waals surface area contributed by atoms with Crippen molar-refractivity contribution in [2.45, 2.75) is 25.2 Å². The van der Waals surface area contributed by atoms with Gasteiger partial charge in [0.05, 0.1) is 0 Å². The van der Waals surface area contributed by atoms with Crippen LogP contribution in [0.15, 0.2) is 47.7 Å². The smallest absolute Gasteiger partial charge is 0.231 e. The van der Waals surface area contributed by atoms with Crippen LogP contribution in [0.2, 0.25) is 0 Å². The lowest BCUT2D eigenvalue weighted by molar-refractivity contribution is -0.116. The Hall–Kier alpha value is -2.95. The number of ketones is 1. The van der Waals surface area contributed by atoms with Crippen molar-refractivity contribution in [1.82, 2.24) is 0 Å². The number of nitrogens with zero attached hydrogens (tertiary/aromatic N) is 1. The van der Waals surface area contributed by atoms with Crippen LogP contribution < -0.4 is 19.7 Å². The normalized spacial score (nSPS) is 20.1. The highest BCUT2D eigenvalue weighted by Crippen LogP contribution is 2.49. The predicted octanol–water partition coefficient (Wildman–Crippen LogP) is 4.05. The van der Waals surface area contributed by atoms with Crippen LogP contribution in [0, 0.1) is 0 Å². The van der Waals surface area contributed by atoms with Crippen molar-refractivity contribution in [1.29, 1.82) is 0 Å². The third kappa shape index (κ3) is 2.57. The molecule has 0 spiro atoms. The van der Waals surface area contributed by atoms with E-state index in [0.29, 0.717) is 6.42 Å². The first-order chi connectivity index (χ1) is 13.1. The van der Waals surface area contributed by atoms with Gasteiger partial charge in [-0.15, -0.1) is 0 Å². The first-order valence-corrected chi connectivity index (χ1v) is 9.36. The third-order valence-corrected chi connectivity index (χ3v) is 5.63. The largest absolute Gasteiger partial charge is 0.454 e. The molecule has 5 rings (SSSR count). The van der Waals surface area contributed by atoms with Gasteiger partial charge < -0.3 is 19.7 Å². The number of benzene rings is 2. The Kier molecular flexibility index (Phi) is 3.64. The van der Waals surface area contributed by atoms with E-state index in [2.05, 4.69) is 34.5 Å². The minimum atomic E-state index is -0.0743. The van der Waals surface area contributed by atoms with E-state index < -0.39 is 0 Å². The maximum Gasteiger partial charge on any atom is 0.231 e. The minimum Gasteiger partial charge on any atom is -0.454 e. The summed E-state index contributed by atoms with van der Waals surface area (Å²) in [6.45, 7) is 0.243. The van der Waals surface area contributed by atoms with Crippen LogP contribution in [0.25, 0.3) is 0 Å². The number of ether oxygens (including phenoxy) is 2. The van der Waals surface area contributed by atoms with Gasteiger partial charge in [-0.3, -0.25) is 4.79 Å². The van der Waals surface area contributed by atoms with Gasteiger partial charge in [0.1, 0.15) is 0 Å². The lowest BCUT2D eigenvalue weighted by Crippen LogP contribution is -2.26. The molecule has 0 saturated heterocycles. The summed E-state index contributed by atoms with van der Waals surface area (Å²) in [4.78, 5) is 14.9. The number of carbonyl (C=O) groups is 1. The molecule has 138 valence electrons. The zero-order valence-corrected chi connectivity index (χ0v) is 15.5. The van der Waals surface area contributed by atoms with Crippen LogP contribution in [0.3, 0.4) is 0 Å². The fourth-order valence-corrected chi connectivity index (χ4v) is 4.26. The lowest BCUT2D eigenvalue weighted by atomic mass is 9.75. The van der Waals surface area contributed by atoms with Crippen molar-refractivity contribution in [3.05, 3.63) is 58.8 Å². The molecule has 2 heterocycles. The molecule has 0 bridgehead atoms. The van der Waals surface area contributed by atoms with Gasteiger partial charge in [0.2, 0.25) is 6.79 Å². The lowest BCUT2D eigenvalue weighted by Gasteiger charge is -2.34. The highest BCUT2D eigenvalue weighted by molar-refractivity contribution is 6.01. The zero-order chi connectivity index (χ0) is 18.5. The van der Waals surface area contributed by atoms with Gasteiger partial charge in [0, 0.05) is 55.1 Å². The highest BCUT2D eigenvalue weighted by atomic mass is 16.7. The Morgan fingerprint density at radius 1 is 1.04 bits per heavy atom. The second kappa shape index (κ2) is 6.05. The molecule has 0 unspecified atom stereocenters. The van der Waals surface area contributed by atoms with Crippen LogP contribution in [0.1, 0.15) is 36.3 Å². The number of hydrogen-bond acceptors (Lipinski definition) is 5. The first kappa shape index (κ1) is 16.2. The Morgan fingerprint density at radius 2 is 1.78 bits per heavy atom. The Balaban J connectivity index is 1.68. The predicted molar refractivity (Wildman–Crippen MR) is 105 cm³/mol. The van der Waals surface area contributed by atoms with Crippen LogP contribution >= 0.6 is 0 Å². The van der Waals surface area contributed by atoms with Gasteiger partial charge in [-0.2, -0.15) is 0 Å². The van der Waals surface area contributed by atoms with E-state index in [9.17, 15) is 4.79 Å². The summed E-state index contributed by atoms with van der Waals surface area (Å²) >= 11 is 0. The van der Waals surface area contributed by atoms with Crippen molar-refractivity contribution in [3.8, 4) is 11.5 Å². The van der Waals surface area contributed by atoms with E-state index in [1.54, 1.807) is 0 Å². The quantitative estimate of drug-likeness (QED) is 0.874. The molecule has 1 atom stereocenters. The topological polar surface area (TPSA) is 50.8 Å². The van der Waals surface area contributed by atoms with Gasteiger partial charge in [-0.05, 0) is 42.2 Å². The van der Waals surface area contributed by atoms with Crippen molar-refractivity contribution in [2.24, 2.45) is 0 Å². The van der Waals surface area contributed by atoms with Crippen LogP contribution in [0.5, 0.6) is 11.5 Å². The van der Waals surface area contributed by atoms with E-state index in [1.807, 2.05) is 26.2 Å². The Labute approximate surface area is 158 Å². The summed E-state index contributed by atoms with van der Waals surface area (Å²) in [7, 11) is 4.06. The summed E-state index contributed by atoms with van der Waals surface area (Å²) in [5.74, 6) is 1.68.